The van der Waals surface area contributed by atoms with Crippen LogP contribution in [-0.4, -0.2) is 36.6 Å². The lowest BCUT2D eigenvalue weighted by Gasteiger charge is -2.12. The lowest BCUT2D eigenvalue weighted by molar-refractivity contribution is -0.125. The van der Waals surface area contributed by atoms with Crippen molar-refractivity contribution in [3.05, 3.63) is 63.9 Å². The number of carbonyl (C=O) groups excluding carboxylic acids is 2. The maximum atomic E-state index is 13.5. The molecule has 4 nitrogen and oxygen atoms in total. The normalized spacial score (nSPS) is 10.4. The van der Waals surface area contributed by atoms with E-state index in [-0.39, 0.29) is 29.9 Å². The third-order valence-corrected chi connectivity index (χ3v) is 5.12. The minimum atomic E-state index is -0.370. The molecule has 0 aromatic heterocycles. The Balaban J connectivity index is 2.03. The smallest absolute Gasteiger partial charge is 0.252 e. The molecule has 0 aliphatic heterocycles. The van der Waals surface area contributed by atoms with Crippen molar-refractivity contribution >= 4 is 39.5 Å². The SMILES string of the molecule is CN(C)C(=O)CSc1ccccc1C(=O)NCc1ccc(Br)c(F)c1. The summed E-state index contributed by atoms with van der Waals surface area (Å²) in [5, 5.41) is 2.78. The van der Waals surface area contributed by atoms with Gasteiger partial charge in [-0.25, -0.2) is 4.39 Å². The number of rotatable bonds is 6. The molecular weight excluding hydrogens is 407 g/mol. The first-order chi connectivity index (χ1) is 11.9. The predicted molar refractivity (Wildman–Crippen MR) is 101 cm³/mol. The Labute approximate surface area is 158 Å². The Morgan fingerprint density at radius 1 is 1.20 bits per heavy atom. The first kappa shape index (κ1) is 19.5. The second-order valence-corrected chi connectivity index (χ2v) is 7.38. The molecule has 2 aromatic carbocycles. The minimum Gasteiger partial charge on any atom is -0.348 e. The third kappa shape index (κ3) is 5.57. The number of carbonyl (C=O) groups is 2. The van der Waals surface area contributed by atoms with Gasteiger partial charge in [0.05, 0.1) is 15.8 Å². The third-order valence-electron chi connectivity index (χ3n) is 3.42. The number of thioether (sulfide) groups is 1. The molecule has 132 valence electrons. The summed E-state index contributed by atoms with van der Waals surface area (Å²) in [5.74, 6) is -0.394. The second-order valence-electron chi connectivity index (χ2n) is 5.50. The lowest BCUT2D eigenvalue weighted by atomic mass is 10.2. The second kappa shape index (κ2) is 9.01. The van der Waals surface area contributed by atoms with Crippen LogP contribution in [0.4, 0.5) is 4.39 Å². The van der Waals surface area contributed by atoms with E-state index in [2.05, 4.69) is 21.2 Å². The fourth-order valence-corrected chi connectivity index (χ4v) is 3.25. The molecule has 0 radical (unpaired) electrons. The summed E-state index contributed by atoms with van der Waals surface area (Å²) < 4.78 is 13.9. The Bertz CT molecular complexity index is 783. The van der Waals surface area contributed by atoms with Crippen LogP contribution in [0.25, 0.3) is 0 Å². The number of nitrogens with zero attached hydrogens (tertiary/aromatic N) is 1. The van der Waals surface area contributed by atoms with Crippen molar-refractivity contribution in [2.45, 2.75) is 11.4 Å². The topological polar surface area (TPSA) is 49.4 Å². The fourth-order valence-electron chi connectivity index (χ4n) is 1.98. The zero-order chi connectivity index (χ0) is 18.4. The summed E-state index contributed by atoms with van der Waals surface area (Å²) >= 11 is 4.42. The van der Waals surface area contributed by atoms with Gasteiger partial charge in [-0.05, 0) is 45.8 Å². The quantitative estimate of drug-likeness (QED) is 0.719. The van der Waals surface area contributed by atoms with Crippen molar-refractivity contribution in [2.75, 3.05) is 19.8 Å². The molecule has 0 saturated heterocycles. The molecule has 7 heteroatoms. The summed E-state index contributed by atoms with van der Waals surface area (Å²) in [6.07, 6.45) is 0. The summed E-state index contributed by atoms with van der Waals surface area (Å²) in [4.78, 5) is 26.4. The molecule has 0 heterocycles. The van der Waals surface area contributed by atoms with E-state index in [0.717, 1.165) is 4.90 Å². The number of hydrogen-bond acceptors (Lipinski definition) is 3. The van der Waals surface area contributed by atoms with Crippen LogP contribution in [0.3, 0.4) is 0 Å². The molecule has 0 fully saturated rings. The van der Waals surface area contributed by atoms with E-state index in [1.165, 1.54) is 22.7 Å². The maximum absolute atomic E-state index is 13.5. The molecule has 1 N–H and O–H groups in total. The monoisotopic (exact) mass is 424 g/mol. The van der Waals surface area contributed by atoms with Crippen LogP contribution in [0.15, 0.2) is 51.8 Å². The van der Waals surface area contributed by atoms with E-state index in [9.17, 15) is 14.0 Å². The highest BCUT2D eigenvalue weighted by atomic mass is 79.9. The molecule has 2 amide bonds. The van der Waals surface area contributed by atoms with Crippen molar-refractivity contribution in [3.63, 3.8) is 0 Å². The summed E-state index contributed by atoms with van der Waals surface area (Å²) in [6.45, 7) is 0.221. The largest absolute Gasteiger partial charge is 0.348 e. The molecule has 25 heavy (non-hydrogen) atoms. The Morgan fingerprint density at radius 3 is 2.60 bits per heavy atom. The number of amides is 2. The first-order valence-corrected chi connectivity index (χ1v) is 9.30. The van der Waals surface area contributed by atoms with Crippen LogP contribution in [0.5, 0.6) is 0 Å². The Morgan fingerprint density at radius 2 is 1.92 bits per heavy atom. The van der Waals surface area contributed by atoms with Crippen molar-refractivity contribution in [2.24, 2.45) is 0 Å². The van der Waals surface area contributed by atoms with E-state index in [1.807, 2.05) is 12.1 Å². The van der Waals surface area contributed by atoms with Gasteiger partial charge in [0.15, 0.2) is 0 Å². The van der Waals surface area contributed by atoms with Gasteiger partial charge in [0.25, 0.3) is 5.91 Å². The highest BCUT2D eigenvalue weighted by Gasteiger charge is 2.13. The van der Waals surface area contributed by atoms with Crippen molar-refractivity contribution in [1.82, 2.24) is 10.2 Å². The van der Waals surface area contributed by atoms with Gasteiger partial charge in [-0.15, -0.1) is 11.8 Å². The highest BCUT2D eigenvalue weighted by Crippen LogP contribution is 2.23. The number of halogens is 2. The van der Waals surface area contributed by atoms with Gasteiger partial charge in [0.2, 0.25) is 5.91 Å². The average Bonchev–Trinajstić information content (AvgIpc) is 2.60. The van der Waals surface area contributed by atoms with Gasteiger partial charge in [-0.2, -0.15) is 0 Å². The van der Waals surface area contributed by atoms with Crippen LogP contribution < -0.4 is 5.32 Å². The number of benzene rings is 2. The zero-order valence-electron chi connectivity index (χ0n) is 13.9. The van der Waals surface area contributed by atoms with Gasteiger partial charge < -0.3 is 10.2 Å². The fraction of sp³-hybridized carbons (Fsp3) is 0.222. The molecule has 2 aromatic rings. The van der Waals surface area contributed by atoms with Crippen LogP contribution in [0.1, 0.15) is 15.9 Å². The van der Waals surface area contributed by atoms with Gasteiger partial charge in [0.1, 0.15) is 5.82 Å². The summed E-state index contributed by atoms with van der Waals surface area (Å²) in [7, 11) is 3.39. The molecule has 0 bridgehead atoms. The van der Waals surface area contributed by atoms with Gasteiger partial charge in [-0.1, -0.05) is 18.2 Å². The van der Waals surface area contributed by atoms with Gasteiger partial charge in [-0.3, -0.25) is 9.59 Å². The van der Waals surface area contributed by atoms with E-state index in [0.29, 0.717) is 15.6 Å². The lowest BCUT2D eigenvalue weighted by Crippen LogP contribution is -2.25. The van der Waals surface area contributed by atoms with E-state index in [1.54, 1.807) is 38.4 Å². The van der Waals surface area contributed by atoms with Crippen LogP contribution in [-0.2, 0) is 11.3 Å². The van der Waals surface area contributed by atoms with Crippen molar-refractivity contribution in [1.29, 1.82) is 0 Å². The van der Waals surface area contributed by atoms with Crippen molar-refractivity contribution in [3.8, 4) is 0 Å². The molecule has 0 atom stereocenters. The molecule has 0 unspecified atom stereocenters. The molecule has 0 saturated carbocycles. The van der Waals surface area contributed by atoms with Crippen LogP contribution >= 0.6 is 27.7 Å². The maximum Gasteiger partial charge on any atom is 0.252 e. The van der Waals surface area contributed by atoms with E-state index >= 15 is 0 Å². The average molecular weight is 425 g/mol. The highest BCUT2D eigenvalue weighted by molar-refractivity contribution is 9.10. The van der Waals surface area contributed by atoms with Crippen LogP contribution in [0, 0.1) is 5.82 Å². The molecule has 0 aliphatic rings. The Kier molecular flexibility index (Phi) is 7.01. The zero-order valence-corrected chi connectivity index (χ0v) is 16.3. The van der Waals surface area contributed by atoms with E-state index in [4.69, 9.17) is 0 Å². The number of nitrogens with one attached hydrogen (secondary N) is 1. The molecule has 0 aliphatic carbocycles. The summed E-state index contributed by atoms with van der Waals surface area (Å²) in [5.41, 5.74) is 1.17. The standard InChI is InChI=1S/C18H18BrFN2O2S/c1-22(2)17(23)11-25-16-6-4-3-5-13(16)18(24)21-10-12-7-8-14(19)15(20)9-12/h3-9H,10-11H2,1-2H3,(H,21,24). The molecule has 0 spiro atoms. The summed E-state index contributed by atoms with van der Waals surface area (Å²) in [6, 6.07) is 11.8. The Hall–Kier alpha value is -1.86. The van der Waals surface area contributed by atoms with Crippen LogP contribution in [0.2, 0.25) is 0 Å². The van der Waals surface area contributed by atoms with E-state index < -0.39 is 0 Å². The minimum absolute atomic E-state index is 0.0226. The van der Waals surface area contributed by atoms with Gasteiger partial charge in [0, 0.05) is 25.5 Å². The first-order valence-electron chi connectivity index (χ1n) is 7.52. The predicted octanol–water partition coefficient (Wildman–Crippen LogP) is 3.70. The number of hydrogen-bond donors (Lipinski definition) is 1. The molecule has 2 rings (SSSR count). The van der Waals surface area contributed by atoms with Crippen molar-refractivity contribution < 1.29 is 14.0 Å². The molecular formula is C18H18BrFN2O2S. The van der Waals surface area contributed by atoms with Gasteiger partial charge >= 0.3 is 0 Å².